The van der Waals surface area contributed by atoms with Gasteiger partial charge in [0.25, 0.3) is 5.56 Å². The standard InChI is InChI=1S/C20H26N3O2P/c1-12(2)20-17(14-5-4-6-16(26)9-14)10-19(25)23(22-20)11-18(24)21-15-7-13(3)8-15/h4-6,9-10,12-13,15H,7-8,11,26H2,1-3H3,(H,21,24). The predicted molar refractivity (Wildman–Crippen MR) is 108 cm³/mol. The average molecular weight is 371 g/mol. The Morgan fingerprint density at radius 3 is 2.69 bits per heavy atom. The fourth-order valence-electron chi connectivity index (χ4n) is 3.41. The van der Waals surface area contributed by atoms with Crippen molar-refractivity contribution in [3.8, 4) is 11.1 Å². The zero-order valence-corrected chi connectivity index (χ0v) is 16.7. The van der Waals surface area contributed by atoms with Crippen LogP contribution in [0.1, 0.15) is 45.2 Å². The van der Waals surface area contributed by atoms with Crippen LogP contribution < -0.4 is 16.2 Å². The molecule has 1 N–H and O–H groups in total. The van der Waals surface area contributed by atoms with Crippen LogP contribution in [0.5, 0.6) is 0 Å². The maximum absolute atomic E-state index is 12.5. The first-order chi connectivity index (χ1) is 12.3. The van der Waals surface area contributed by atoms with Crippen LogP contribution >= 0.6 is 9.24 Å². The molecule has 1 aromatic heterocycles. The molecule has 0 saturated heterocycles. The minimum Gasteiger partial charge on any atom is -0.352 e. The lowest BCUT2D eigenvalue weighted by Gasteiger charge is -2.33. The number of carbonyl (C=O) groups excluding carboxylic acids is 1. The third-order valence-electron chi connectivity index (χ3n) is 4.80. The average Bonchev–Trinajstić information content (AvgIpc) is 2.54. The first-order valence-electron chi connectivity index (χ1n) is 9.11. The van der Waals surface area contributed by atoms with Gasteiger partial charge in [-0.3, -0.25) is 9.59 Å². The molecule has 1 aliphatic rings. The van der Waals surface area contributed by atoms with Crippen LogP contribution in [0.2, 0.25) is 0 Å². The minimum atomic E-state index is -0.254. The van der Waals surface area contributed by atoms with Crippen molar-refractivity contribution in [3.63, 3.8) is 0 Å². The molecule has 3 rings (SSSR count). The molecule has 6 heteroatoms. The first kappa shape index (κ1) is 18.8. The number of amides is 1. The van der Waals surface area contributed by atoms with E-state index in [1.54, 1.807) is 6.07 Å². The van der Waals surface area contributed by atoms with Crippen molar-refractivity contribution in [1.29, 1.82) is 0 Å². The predicted octanol–water partition coefficient (Wildman–Crippen LogP) is 2.45. The summed E-state index contributed by atoms with van der Waals surface area (Å²) in [6, 6.07) is 9.78. The van der Waals surface area contributed by atoms with Crippen molar-refractivity contribution in [2.75, 3.05) is 0 Å². The van der Waals surface area contributed by atoms with E-state index in [4.69, 9.17) is 0 Å². The summed E-state index contributed by atoms with van der Waals surface area (Å²) < 4.78 is 1.28. The van der Waals surface area contributed by atoms with E-state index in [0.717, 1.165) is 35.0 Å². The van der Waals surface area contributed by atoms with Gasteiger partial charge >= 0.3 is 0 Å². The van der Waals surface area contributed by atoms with Crippen LogP contribution in [0, 0.1) is 5.92 Å². The largest absolute Gasteiger partial charge is 0.352 e. The molecule has 1 heterocycles. The molecule has 2 aromatic rings. The number of aromatic nitrogens is 2. The first-order valence-corrected chi connectivity index (χ1v) is 9.68. The topological polar surface area (TPSA) is 64.0 Å². The van der Waals surface area contributed by atoms with Crippen LogP contribution in [0.4, 0.5) is 0 Å². The molecule has 1 unspecified atom stereocenters. The molecule has 1 aromatic carbocycles. The van der Waals surface area contributed by atoms with E-state index in [9.17, 15) is 9.59 Å². The molecule has 0 bridgehead atoms. The van der Waals surface area contributed by atoms with E-state index in [1.807, 2.05) is 38.1 Å². The number of hydrogen-bond donors (Lipinski definition) is 1. The molecule has 0 aliphatic heterocycles. The zero-order chi connectivity index (χ0) is 18.8. The highest BCUT2D eigenvalue weighted by Crippen LogP contribution is 2.27. The Morgan fingerprint density at radius 2 is 2.08 bits per heavy atom. The molecule has 26 heavy (non-hydrogen) atoms. The second-order valence-corrected chi connectivity index (χ2v) is 8.23. The Labute approximate surface area is 156 Å². The van der Waals surface area contributed by atoms with Crippen molar-refractivity contribution in [2.45, 2.75) is 52.1 Å². The van der Waals surface area contributed by atoms with E-state index in [1.165, 1.54) is 4.68 Å². The SMILES string of the molecule is CC1CC(NC(=O)Cn2nc(C(C)C)c(-c3cccc(P)c3)cc2=O)C1. The molecule has 0 radical (unpaired) electrons. The summed E-state index contributed by atoms with van der Waals surface area (Å²) in [6.45, 7) is 6.22. The highest BCUT2D eigenvalue weighted by molar-refractivity contribution is 7.27. The van der Waals surface area contributed by atoms with Crippen molar-refractivity contribution < 1.29 is 4.79 Å². The quantitative estimate of drug-likeness (QED) is 0.821. The lowest BCUT2D eigenvalue weighted by atomic mass is 9.82. The number of rotatable bonds is 5. The second-order valence-electron chi connectivity index (χ2n) is 7.56. The van der Waals surface area contributed by atoms with Crippen LogP contribution in [-0.4, -0.2) is 21.7 Å². The van der Waals surface area contributed by atoms with Gasteiger partial charge in [-0.15, -0.1) is 9.24 Å². The van der Waals surface area contributed by atoms with Gasteiger partial charge in [0.1, 0.15) is 6.54 Å². The molecule has 1 saturated carbocycles. The fourth-order valence-corrected chi connectivity index (χ4v) is 3.70. The van der Waals surface area contributed by atoms with Gasteiger partial charge in [-0.2, -0.15) is 5.10 Å². The number of hydrogen-bond acceptors (Lipinski definition) is 3. The summed E-state index contributed by atoms with van der Waals surface area (Å²) in [5.74, 6) is 0.659. The van der Waals surface area contributed by atoms with E-state index in [0.29, 0.717) is 5.92 Å². The number of benzene rings is 1. The minimum absolute atomic E-state index is 0.0343. The maximum Gasteiger partial charge on any atom is 0.267 e. The zero-order valence-electron chi connectivity index (χ0n) is 15.5. The van der Waals surface area contributed by atoms with Crippen LogP contribution in [-0.2, 0) is 11.3 Å². The van der Waals surface area contributed by atoms with E-state index >= 15 is 0 Å². The molecule has 1 amide bonds. The van der Waals surface area contributed by atoms with Gasteiger partial charge in [-0.05, 0) is 41.6 Å². The Kier molecular flexibility index (Phi) is 5.57. The van der Waals surface area contributed by atoms with Crippen molar-refractivity contribution in [3.05, 3.63) is 46.4 Å². The van der Waals surface area contributed by atoms with Crippen LogP contribution in [0.15, 0.2) is 35.1 Å². The smallest absolute Gasteiger partial charge is 0.267 e. The number of nitrogens with zero attached hydrogens (tertiary/aromatic N) is 2. The van der Waals surface area contributed by atoms with Gasteiger partial charge in [-0.25, -0.2) is 4.68 Å². The van der Waals surface area contributed by atoms with Crippen molar-refractivity contribution in [2.24, 2.45) is 5.92 Å². The molecular formula is C20H26N3O2P. The van der Waals surface area contributed by atoms with Gasteiger partial charge in [0.2, 0.25) is 5.91 Å². The Bertz CT molecular complexity index is 870. The number of nitrogens with one attached hydrogen (secondary N) is 1. The Balaban J connectivity index is 1.87. The van der Waals surface area contributed by atoms with Crippen LogP contribution in [0.3, 0.4) is 0 Å². The third-order valence-corrected chi connectivity index (χ3v) is 5.16. The molecule has 1 aliphatic carbocycles. The highest BCUT2D eigenvalue weighted by Gasteiger charge is 2.26. The summed E-state index contributed by atoms with van der Waals surface area (Å²) in [7, 11) is 2.67. The fraction of sp³-hybridized carbons (Fsp3) is 0.450. The van der Waals surface area contributed by atoms with E-state index in [2.05, 4.69) is 26.6 Å². The highest BCUT2D eigenvalue weighted by atomic mass is 31.0. The maximum atomic E-state index is 12.5. The Morgan fingerprint density at radius 1 is 1.35 bits per heavy atom. The van der Waals surface area contributed by atoms with E-state index < -0.39 is 0 Å². The van der Waals surface area contributed by atoms with Crippen LogP contribution in [0.25, 0.3) is 11.1 Å². The van der Waals surface area contributed by atoms with Crippen molar-refractivity contribution >= 4 is 20.5 Å². The van der Waals surface area contributed by atoms with Gasteiger partial charge < -0.3 is 5.32 Å². The Hall–Kier alpha value is -2.00. The monoisotopic (exact) mass is 371 g/mol. The third kappa shape index (κ3) is 4.21. The van der Waals surface area contributed by atoms with Gasteiger partial charge in [0.05, 0.1) is 5.69 Å². The molecule has 5 nitrogen and oxygen atoms in total. The normalized spacial score (nSPS) is 19.3. The van der Waals surface area contributed by atoms with Gasteiger partial charge in [0.15, 0.2) is 0 Å². The number of carbonyl (C=O) groups is 1. The molecular weight excluding hydrogens is 345 g/mol. The summed E-state index contributed by atoms with van der Waals surface area (Å²) in [6.07, 6.45) is 2.02. The van der Waals surface area contributed by atoms with Gasteiger partial charge in [-0.1, -0.05) is 39.0 Å². The lowest BCUT2D eigenvalue weighted by Crippen LogP contribution is -2.45. The molecule has 0 spiro atoms. The summed E-state index contributed by atoms with van der Waals surface area (Å²) in [5, 5.41) is 8.56. The summed E-state index contributed by atoms with van der Waals surface area (Å²) in [4.78, 5) is 24.8. The van der Waals surface area contributed by atoms with E-state index in [-0.39, 0.29) is 30.0 Å². The molecule has 1 atom stereocenters. The molecule has 1 fully saturated rings. The molecule has 138 valence electrons. The summed E-state index contributed by atoms with van der Waals surface area (Å²) in [5.41, 5.74) is 2.37. The lowest BCUT2D eigenvalue weighted by molar-refractivity contribution is -0.123. The second kappa shape index (κ2) is 7.71. The van der Waals surface area contributed by atoms with Gasteiger partial charge in [0, 0.05) is 17.7 Å². The summed E-state index contributed by atoms with van der Waals surface area (Å²) >= 11 is 0. The van der Waals surface area contributed by atoms with Crippen molar-refractivity contribution in [1.82, 2.24) is 15.1 Å².